The van der Waals surface area contributed by atoms with Crippen molar-refractivity contribution in [1.82, 2.24) is 0 Å². The molecule has 5 heteroatoms. The van der Waals surface area contributed by atoms with Gasteiger partial charge in [-0.1, -0.05) is 0 Å². The van der Waals surface area contributed by atoms with Crippen LogP contribution in [-0.2, 0) is 0 Å². The van der Waals surface area contributed by atoms with Crippen LogP contribution in [0.15, 0.2) is 16.6 Å². The van der Waals surface area contributed by atoms with Crippen LogP contribution in [0.25, 0.3) is 0 Å². The molecule has 0 aliphatic heterocycles. The Morgan fingerprint density at radius 2 is 2.00 bits per heavy atom. The molecule has 1 aromatic carbocycles. The highest BCUT2D eigenvalue weighted by atomic mass is 79.9. The summed E-state index contributed by atoms with van der Waals surface area (Å²) in [6.45, 7) is -0.129. The van der Waals surface area contributed by atoms with Gasteiger partial charge in [-0.3, -0.25) is 0 Å². The Kier molecular flexibility index (Phi) is 3.97. The molecule has 0 radical (unpaired) electrons. The van der Waals surface area contributed by atoms with Crippen LogP contribution in [0.4, 0.5) is 8.78 Å². The molecule has 0 bridgehead atoms. The van der Waals surface area contributed by atoms with Crippen LogP contribution < -0.4 is 5.73 Å². The van der Waals surface area contributed by atoms with Crippen molar-refractivity contribution in [3.8, 4) is 0 Å². The van der Waals surface area contributed by atoms with E-state index >= 15 is 0 Å². The lowest BCUT2D eigenvalue weighted by molar-refractivity contribution is 0.275. The largest absolute Gasteiger partial charge is 0.396 e. The fourth-order valence-corrected chi connectivity index (χ4v) is 1.48. The van der Waals surface area contributed by atoms with Crippen LogP contribution in [0, 0.1) is 11.6 Å². The zero-order chi connectivity index (χ0) is 10.7. The number of nitrogens with two attached hydrogens (primary N) is 1. The zero-order valence-corrected chi connectivity index (χ0v) is 8.89. The predicted molar refractivity (Wildman–Crippen MR) is 52.7 cm³/mol. The fourth-order valence-electron chi connectivity index (χ4n) is 1.12. The van der Waals surface area contributed by atoms with Gasteiger partial charge in [0, 0.05) is 24.3 Å². The average molecular weight is 266 g/mol. The van der Waals surface area contributed by atoms with Crippen LogP contribution in [0.3, 0.4) is 0 Å². The van der Waals surface area contributed by atoms with Crippen molar-refractivity contribution in [3.05, 3.63) is 33.8 Å². The second-order valence-electron chi connectivity index (χ2n) is 2.91. The van der Waals surface area contributed by atoms with Gasteiger partial charge in [0.2, 0.25) is 0 Å². The normalized spacial score (nSPS) is 12.9. The van der Waals surface area contributed by atoms with E-state index in [1.165, 1.54) is 6.07 Å². The van der Waals surface area contributed by atoms with Crippen LogP contribution in [0.5, 0.6) is 0 Å². The monoisotopic (exact) mass is 265 g/mol. The van der Waals surface area contributed by atoms with Gasteiger partial charge in [0.25, 0.3) is 0 Å². The number of hydrogen-bond acceptors (Lipinski definition) is 2. The lowest BCUT2D eigenvalue weighted by Gasteiger charge is -2.12. The summed E-state index contributed by atoms with van der Waals surface area (Å²) in [5, 5.41) is 8.62. The van der Waals surface area contributed by atoms with Crippen molar-refractivity contribution in [3.63, 3.8) is 0 Å². The van der Waals surface area contributed by atoms with Crippen molar-refractivity contribution in [2.75, 3.05) is 6.61 Å². The van der Waals surface area contributed by atoms with Gasteiger partial charge in [-0.15, -0.1) is 0 Å². The highest BCUT2D eigenvalue weighted by Gasteiger charge is 2.13. The van der Waals surface area contributed by atoms with E-state index in [-0.39, 0.29) is 23.1 Å². The lowest BCUT2D eigenvalue weighted by Crippen LogP contribution is -2.14. The van der Waals surface area contributed by atoms with Crippen LogP contribution in [0.2, 0.25) is 0 Å². The maximum atomic E-state index is 13.2. The Bertz CT molecular complexity index is 333. The molecule has 3 N–H and O–H groups in total. The Balaban J connectivity index is 3.02. The summed E-state index contributed by atoms with van der Waals surface area (Å²) < 4.78 is 26.2. The highest BCUT2D eigenvalue weighted by Crippen LogP contribution is 2.24. The molecule has 0 aromatic heterocycles. The zero-order valence-electron chi connectivity index (χ0n) is 7.30. The van der Waals surface area contributed by atoms with E-state index in [0.717, 1.165) is 6.07 Å². The molecule has 2 nitrogen and oxygen atoms in total. The lowest BCUT2D eigenvalue weighted by atomic mass is 10.0. The second kappa shape index (κ2) is 4.82. The van der Waals surface area contributed by atoms with Gasteiger partial charge in [0.15, 0.2) is 0 Å². The second-order valence-corrected chi connectivity index (χ2v) is 3.76. The maximum absolute atomic E-state index is 13.2. The van der Waals surface area contributed by atoms with Crippen LogP contribution in [-0.4, -0.2) is 11.7 Å². The van der Waals surface area contributed by atoms with Gasteiger partial charge in [-0.25, -0.2) is 8.78 Å². The SMILES string of the molecule is NC(CCO)c1cc(Br)c(F)cc1F. The average Bonchev–Trinajstić information content (AvgIpc) is 2.11. The first kappa shape index (κ1) is 11.6. The van der Waals surface area contributed by atoms with E-state index < -0.39 is 17.7 Å². The first-order valence-electron chi connectivity index (χ1n) is 4.07. The number of benzene rings is 1. The number of halogens is 3. The molecular weight excluding hydrogens is 256 g/mol. The molecular formula is C9H10BrF2NO. The minimum atomic E-state index is -0.688. The fraction of sp³-hybridized carbons (Fsp3) is 0.333. The molecule has 0 aliphatic rings. The molecule has 0 fully saturated rings. The highest BCUT2D eigenvalue weighted by molar-refractivity contribution is 9.10. The number of aliphatic hydroxyl groups excluding tert-OH is 1. The summed E-state index contributed by atoms with van der Waals surface area (Å²) in [5.74, 6) is -1.35. The molecule has 0 spiro atoms. The van der Waals surface area contributed by atoms with E-state index in [1.54, 1.807) is 0 Å². The van der Waals surface area contributed by atoms with Crippen molar-refractivity contribution >= 4 is 15.9 Å². The molecule has 1 atom stereocenters. The molecule has 0 aliphatic carbocycles. The van der Waals surface area contributed by atoms with E-state index in [4.69, 9.17) is 10.8 Å². The summed E-state index contributed by atoms with van der Waals surface area (Å²) >= 11 is 2.94. The Hall–Kier alpha value is -0.520. The van der Waals surface area contributed by atoms with Gasteiger partial charge in [-0.2, -0.15) is 0 Å². The molecule has 1 unspecified atom stereocenters. The number of rotatable bonds is 3. The smallest absolute Gasteiger partial charge is 0.140 e. The molecule has 0 saturated heterocycles. The van der Waals surface area contributed by atoms with Gasteiger partial charge in [0.1, 0.15) is 11.6 Å². The third-order valence-corrected chi connectivity index (χ3v) is 2.49. The minimum absolute atomic E-state index is 0.129. The van der Waals surface area contributed by atoms with E-state index in [0.29, 0.717) is 0 Å². The Morgan fingerprint density at radius 1 is 1.36 bits per heavy atom. The van der Waals surface area contributed by atoms with Gasteiger partial charge in [-0.05, 0) is 28.4 Å². The van der Waals surface area contributed by atoms with E-state index in [9.17, 15) is 8.78 Å². The summed E-state index contributed by atoms with van der Waals surface area (Å²) in [6, 6.07) is 1.46. The standard InChI is InChI=1S/C9H10BrF2NO/c10-6-3-5(9(13)1-2-14)7(11)4-8(6)12/h3-4,9,14H,1-2,13H2. The number of aliphatic hydroxyl groups is 1. The van der Waals surface area contributed by atoms with Crippen molar-refractivity contribution in [2.24, 2.45) is 5.73 Å². The molecule has 1 aromatic rings. The summed E-state index contributed by atoms with van der Waals surface area (Å²) in [5.41, 5.74) is 5.78. The third kappa shape index (κ3) is 2.50. The first-order chi connectivity index (χ1) is 6.56. The summed E-state index contributed by atoms with van der Waals surface area (Å²) in [4.78, 5) is 0. The number of hydrogen-bond donors (Lipinski definition) is 2. The van der Waals surface area contributed by atoms with Crippen LogP contribution in [0.1, 0.15) is 18.0 Å². The minimum Gasteiger partial charge on any atom is -0.396 e. The Morgan fingerprint density at radius 3 is 2.57 bits per heavy atom. The summed E-state index contributed by atoms with van der Waals surface area (Å²) in [6.07, 6.45) is 0.245. The maximum Gasteiger partial charge on any atom is 0.140 e. The third-order valence-electron chi connectivity index (χ3n) is 1.88. The van der Waals surface area contributed by atoms with E-state index in [1.807, 2.05) is 0 Å². The Labute approximate surface area is 88.9 Å². The molecule has 0 saturated carbocycles. The molecule has 78 valence electrons. The quantitative estimate of drug-likeness (QED) is 0.823. The van der Waals surface area contributed by atoms with E-state index in [2.05, 4.69) is 15.9 Å². The van der Waals surface area contributed by atoms with Crippen molar-refractivity contribution in [2.45, 2.75) is 12.5 Å². The summed E-state index contributed by atoms with van der Waals surface area (Å²) in [7, 11) is 0. The van der Waals surface area contributed by atoms with Crippen molar-refractivity contribution in [1.29, 1.82) is 0 Å². The predicted octanol–water partition coefficient (Wildman–Crippen LogP) is 2.11. The van der Waals surface area contributed by atoms with Gasteiger partial charge in [0.05, 0.1) is 4.47 Å². The molecule has 14 heavy (non-hydrogen) atoms. The molecule has 0 heterocycles. The van der Waals surface area contributed by atoms with Crippen molar-refractivity contribution < 1.29 is 13.9 Å². The first-order valence-corrected chi connectivity index (χ1v) is 4.86. The van der Waals surface area contributed by atoms with Gasteiger partial charge < -0.3 is 10.8 Å². The van der Waals surface area contributed by atoms with Gasteiger partial charge >= 0.3 is 0 Å². The topological polar surface area (TPSA) is 46.2 Å². The molecule has 1 rings (SSSR count). The van der Waals surface area contributed by atoms with Crippen LogP contribution >= 0.6 is 15.9 Å². The molecule has 0 amide bonds.